The predicted molar refractivity (Wildman–Crippen MR) is 45.6 cm³/mol. The van der Waals surface area contributed by atoms with Gasteiger partial charge in [0.1, 0.15) is 0 Å². The molecule has 1 rings (SSSR count). The first-order valence-electron chi connectivity index (χ1n) is 2.96. The highest BCUT2D eigenvalue weighted by atomic mass is 79.9. The zero-order chi connectivity index (χ0) is 7.56. The Labute approximate surface area is 68.3 Å². The molecule has 1 unspecified atom stereocenters. The van der Waals surface area contributed by atoms with E-state index in [0.29, 0.717) is 0 Å². The van der Waals surface area contributed by atoms with E-state index in [9.17, 15) is 0 Å². The monoisotopic (exact) mass is 200 g/mol. The van der Waals surface area contributed by atoms with Gasteiger partial charge in [-0.05, 0) is 15.9 Å². The van der Waals surface area contributed by atoms with Crippen LogP contribution in [0.2, 0.25) is 0 Å². The molecule has 54 valence electrons. The summed E-state index contributed by atoms with van der Waals surface area (Å²) in [6, 6.07) is -0.0828. The Morgan fingerprint density at radius 1 is 1.70 bits per heavy atom. The molecule has 10 heavy (non-hydrogen) atoms. The van der Waals surface area contributed by atoms with E-state index in [2.05, 4.69) is 27.5 Å². The topological polar surface area (TPSA) is 41.8 Å². The van der Waals surface area contributed by atoms with Crippen molar-refractivity contribution in [2.45, 2.75) is 6.04 Å². The van der Waals surface area contributed by atoms with E-state index in [1.807, 2.05) is 12.4 Å². The Balaban J connectivity index is 2.92. The second-order valence-electron chi connectivity index (χ2n) is 2.02. The van der Waals surface area contributed by atoms with Gasteiger partial charge in [-0.15, -0.1) is 6.58 Å². The molecule has 0 fully saturated rings. The second-order valence-corrected chi connectivity index (χ2v) is 2.87. The summed E-state index contributed by atoms with van der Waals surface area (Å²) in [5.74, 6) is 0. The zero-order valence-electron chi connectivity index (χ0n) is 5.47. The fourth-order valence-corrected chi connectivity index (χ4v) is 1.25. The molecule has 0 saturated heterocycles. The summed E-state index contributed by atoms with van der Waals surface area (Å²) in [7, 11) is 0. The van der Waals surface area contributed by atoms with E-state index in [1.54, 1.807) is 6.08 Å². The average molecular weight is 201 g/mol. The SMILES string of the molecule is C=CC(N)c1c[nH]cc1Br. The molecule has 0 aliphatic heterocycles. The van der Waals surface area contributed by atoms with Crippen LogP contribution in [-0.2, 0) is 0 Å². The maximum Gasteiger partial charge on any atom is 0.0504 e. The van der Waals surface area contributed by atoms with Crippen LogP contribution in [0.4, 0.5) is 0 Å². The summed E-state index contributed by atoms with van der Waals surface area (Å²) < 4.78 is 1.000. The minimum Gasteiger partial charge on any atom is -0.366 e. The molecule has 0 aliphatic rings. The first kappa shape index (κ1) is 7.57. The van der Waals surface area contributed by atoms with Crippen LogP contribution in [0.25, 0.3) is 0 Å². The Morgan fingerprint density at radius 3 is 2.80 bits per heavy atom. The van der Waals surface area contributed by atoms with Crippen LogP contribution in [-0.4, -0.2) is 4.98 Å². The summed E-state index contributed by atoms with van der Waals surface area (Å²) >= 11 is 3.35. The summed E-state index contributed by atoms with van der Waals surface area (Å²) in [4.78, 5) is 2.94. The number of nitrogens with one attached hydrogen (secondary N) is 1. The van der Waals surface area contributed by atoms with Gasteiger partial charge in [0.15, 0.2) is 0 Å². The molecule has 0 aromatic carbocycles. The lowest BCUT2D eigenvalue weighted by atomic mass is 10.2. The van der Waals surface area contributed by atoms with Gasteiger partial charge in [-0.2, -0.15) is 0 Å². The smallest absolute Gasteiger partial charge is 0.0504 e. The van der Waals surface area contributed by atoms with Crippen molar-refractivity contribution in [3.05, 3.63) is 35.1 Å². The number of halogens is 1. The van der Waals surface area contributed by atoms with Crippen LogP contribution in [0.15, 0.2) is 29.5 Å². The molecular weight excluding hydrogens is 192 g/mol. The van der Waals surface area contributed by atoms with Crippen LogP contribution in [0.3, 0.4) is 0 Å². The quantitative estimate of drug-likeness (QED) is 0.705. The maximum atomic E-state index is 5.67. The maximum absolute atomic E-state index is 5.67. The molecule has 0 bridgehead atoms. The number of nitrogens with two attached hydrogens (primary N) is 1. The number of hydrogen-bond donors (Lipinski definition) is 2. The fraction of sp³-hybridized carbons (Fsp3) is 0.143. The summed E-state index contributed by atoms with van der Waals surface area (Å²) in [6.45, 7) is 3.60. The van der Waals surface area contributed by atoms with Gasteiger partial charge in [0.2, 0.25) is 0 Å². The normalized spacial score (nSPS) is 13.0. The molecule has 1 aromatic rings. The molecule has 3 N–H and O–H groups in total. The summed E-state index contributed by atoms with van der Waals surface area (Å²) in [5, 5.41) is 0. The van der Waals surface area contributed by atoms with Crippen molar-refractivity contribution in [3.8, 4) is 0 Å². The largest absolute Gasteiger partial charge is 0.366 e. The average Bonchev–Trinajstić information content (AvgIpc) is 2.34. The van der Waals surface area contributed by atoms with Crippen molar-refractivity contribution in [2.24, 2.45) is 5.73 Å². The van der Waals surface area contributed by atoms with E-state index in [0.717, 1.165) is 10.0 Å². The Bertz CT molecular complexity index is 229. The molecule has 2 nitrogen and oxygen atoms in total. The van der Waals surface area contributed by atoms with Crippen molar-refractivity contribution in [3.63, 3.8) is 0 Å². The number of H-pyrrole nitrogens is 1. The van der Waals surface area contributed by atoms with Crippen molar-refractivity contribution in [1.82, 2.24) is 4.98 Å². The van der Waals surface area contributed by atoms with E-state index >= 15 is 0 Å². The van der Waals surface area contributed by atoms with Gasteiger partial charge in [-0.25, -0.2) is 0 Å². The van der Waals surface area contributed by atoms with Crippen LogP contribution >= 0.6 is 15.9 Å². The van der Waals surface area contributed by atoms with Crippen molar-refractivity contribution >= 4 is 15.9 Å². The van der Waals surface area contributed by atoms with Gasteiger partial charge in [-0.1, -0.05) is 6.08 Å². The van der Waals surface area contributed by atoms with Crippen LogP contribution in [0, 0.1) is 0 Å². The van der Waals surface area contributed by atoms with Crippen LogP contribution in [0.1, 0.15) is 11.6 Å². The van der Waals surface area contributed by atoms with Crippen molar-refractivity contribution < 1.29 is 0 Å². The molecule has 1 heterocycles. The molecule has 0 radical (unpaired) electrons. The minimum absolute atomic E-state index is 0.0828. The molecule has 1 atom stereocenters. The molecular formula is C7H9BrN2. The number of rotatable bonds is 2. The molecule has 0 spiro atoms. The van der Waals surface area contributed by atoms with Gasteiger partial charge in [0.05, 0.1) is 6.04 Å². The summed E-state index contributed by atoms with van der Waals surface area (Å²) in [6.07, 6.45) is 5.41. The third kappa shape index (κ3) is 1.30. The highest BCUT2D eigenvalue weighted by Gasteiger charge is 2.05. The van der Waals surface area contributed by atoms with Gasteiger partial charge in [0, 0.05) is 22.4 Å². The minimum atomic E-state index is -0.0828. The first-order chi connectivity index (χ1) is 4.75. The van der Waals surface area contributed by atoms with Gasteiger partial charge in [-0.3, -0.25) is 0 Å². The second kappa shape index (κ2) is 3.03. The van der Waals surface area contributed by atoms with Crippen LogP contribution in [0.5, 0.6) is 0 Å². The van der Waals surface area contributed by atoms with Gasteiger partial charge >= 0.3 is 0 Å². The lowest BCUT2D eigenvalue weighted by Crippen LogP contribution is -2.05. The van der Waals surface area contributed by atoms with Gasteiger partial charge in [0.25, 0.3) is 0 Å². The van der Waals surface area contributed by atoms with Crippen molar-refractivity contribution in [1.29, 1.82) is 0 Å². The van der Waals surface area contributed by atoms with E-state index in [4.69, 9.17) is 5.73 Å². The number of hydrogen-bond acceptors (Lipinski definition) is 1. The van der Waals surface area contributed by atoms with E-state index < -0.39 is 0 Å². The third-order valence-corrected chi connectivity index (χ3v) is 2.02. The standard InChI is InChI=1S/C7H9BrN2/c1-2-7(9)5-3-10-4-6(5)8/h2-4,7,10H,1,9H2. The highest BCUT2D eigenvalue weighted by molar-refractivity contribution is 9.10. The highest BCUT2D eigenvalue weighted by Crippen LogP contribution is 2.21. The van der Waals surface area contributed by atoms with Gasteiger partial charge < -0.3 is 10.7 Å². The molecule has 1 aromatic heterocycles. The number of aromatic amines is 1. The molecule has 0 aliphatic carbocycles. The first-order valence-corrected chi connectivity index (χ1v) is 3.75. The van der Waals surface area contributed by atoms with Crippen molar-refractivity contribution in [2.75, 3.05) is 0 Å². The molecule has 0 saturated carbocycles. The Hall–Kier alpha value is -0.540. The lowest BCUT2D eigenvalue weighted by molar-refractivity contribution is 0.911. The lowest BCUT2D eigenvalue weighted by Gasteiger charge is -2.02. The third-order valence-electron chi connectivity index (χ3n) is 1.34. The summed E-state index contributed by atoms with van der Waals surface area (Å²) in [5.41, 5.74) is 6.71. The molecule has 3 heteroatoms. The predicted octanol–water partition coefficient (Wildman–Crippen LogP) is 1.96. The van der Waals surface area contributed by atoms with E-state index in [-0.39, 0.29) is 6.04 Å². The van der Waals surface area contributed by atoms with E-state index in [1.165, 1.54) is 0 Å². The Morgan fingerprint density at radius 2 is 2.40 bits per heavy atom. The molecule has 0 amide bonds. The van der Waals surface area contributed by atoms with Crippen LogP contribution < -0.4 is 5.73 Å². The fourth-order valence-electron chi connectivity index (χ4n) is 0.739. The zero-order valence-corrected chi connectivity index (χ0v) is 7.06. The number of aromatic nitrogens is 1. The Kier molecular flexibility index (Phi) is 2.29.